The number of hydrogen-bond donors (Lipinski definition) is 0. The Bertz CT molecular complexity index is 245. The normalized spacial score (nSPS) is 11.7. The molecule has 0 spiro atoms. The van der Waals surface area contributed by atoms with Gasteiger partial charge in [0.15, 0.2) is 0 Å². The Kier molecular flexibility index (Phi) is 2.40. The molecule has 0 saturated carbocycles. The van der Waals surface area contributed by atoms with Crippen molar-refractivity contribution in [3.63, 3.8) is 0 Å². The highest BCUT2D eigenvalue weighted by Gasteiger charge is 2.29. The van der Waals surface area contributed by atoms with Crippen LogP contribution in [0.25, 0.3) is 0 Å². The number of alkyl halides is 3. The first-order valence-corrected chi connectivity index (χ1v) is 3.70. The van der Waals surface area contributed by atoms with Gasteiger partial charge in [-0.3, -0.25) is 0 Å². The average Bonchev–Trinajstić information content (AvgIpc) is 2.03. The zero-order chi connectivity index (χ0) is 9.19. The van der Waals surface area contributed by atoms with Gasteiger partial charge in [0, 0.05) is 0 Å². The van der Waals surface area contributed by atoms with Crippen molar-refractivity contribution in [3.05, 3.63) is 35.4 Å². The summed E-state index contributed by atoms with van der Waals surface area (Å²) in [5.74, 6) is 0. The highest BCUT2D eigenvalue weighted by molar-refractivity contribution is 5.24. The van der Waals surface area contributed by atoms with Crippen LogP contribution >= 0.6 is 0 Å². The van der Waals surface area contributed by atoms with Gasteiger partial charge in [0.1, 0.15) is 0 Å². The molecule has 0 aromatic heterocycles. The van der Waals surface area contributed by atoms with Gasteiger partial charge in [-0.05, 0) is 24.1 Å². The molecule has 0 amide bonds. The third kappa shape index (κ3) is 2.00. The fourth-order valence-electron chi connectivity index (χ4n) is 0.929. The topological polar surface area (TPSA) is 0 Å². The third-order valence-electron chi connectivity index (χ3n) is 1.69. The first kappa shape index (κ1) is 9.10. The van der Waals surface area contributed by atoms with Crippen molar-refractivity contribution in [3.8, 4) is 0 Å². The highest BCUT2D eigenvalue weighted by atomic mass is 19.4. The molecule has 0 aliphatic carbocycles. The summed E-state index contributed by atoms with van der Waals surface area (Å²) in [6.07, 6.45) is -3.45. The highest BCUT2D eigenvalue weighted by Crippen LogP contribution is 2.28. The molecular formula is C9H9F3. The maximum absolute atomic E-state index is 12.0. The van der Waals surface area contributed by atoms with Crippen LogP contribution in [0.1, 0.15) is 18.1 Å². The van der Waals surface area contributed by atoms with Gasteiger partial charge in [0.2, 0.25) is 0 Å². The van der Waals surface area contributed by atoms with Crippen molar-refractivity contribution in [1.82, 2.24) is 0 Å². The van der Waals surface area contributed by atoms with Gasteiger partial charge < -0.3 is 0 Å². The standard InChI is InChI=1S/C9H9F3/c1-2-7-3-5-8(6-4-7)9(10,11)12/h3-6H,2H2,1H3. The number of rotatable bonds is 1. The Balaban J connectivity index is 2.93. The number of benzene rings is 1. The Hall–Kier alpha value is -0.990. The zero-order valence-corrected chi connectivity index (χ0v) is 6.65. The molecule has 0 aliphatic rings. The molecule has 1 aromatic rings. The van der Waals surface area contributed by atoms with E-state index in [1.165, 1.54) is 12.1 Å². The number of aryl methyl sites for hydroxylation is 1. The second-order valence-electron chi connectivity index (χ2n) is 2.55. The summed E-state index contributed by atoms with van der Waals surface area (Å²) in [5, 5.41) is 0. The molecule has 0 fully saturated rings. The molecule has 0 unspecified atom stereocenters. The Morgan fingerprint density at radius 3 is 1.92 bits per heavy atom. The van der Waals surface area contributed by atoms with Gasteiger partial charge in [0.25, 0.3) is 0 Å². The molecule has 0 aliphatic heterocycles. The van der Waals surface area contributed by atoms with Crippen LogP contribution < -0.4 is 0 Å². The first-order valence-electron chi connectivity index (χ1n) is 3.70. The van der Waals surface area contributed by atoms with Gasteiger partial charge in [-0.1, -0.05) is 19.1 Å². The molecule has 0 bridgehead atoms. The van der Waals surface area contributed by atoms with E-state index < -0.39 is 11.7 Å². The predicted octanol–water partition coefficient (Wildman–Crippen LogP) is 3.27. The van der Waals surface area contributed by atoms with E-state index in [2.05, 4.69) is 0 Å². The third-order valence-corrected chi connectivity index (χ3v) is 1.69. The van der Waals surface area contributed by atoms with Crippen LogP contribution in [0, 0.1) is 0 Å². The smallest absolute Gasteiger partial charge is 0.166 e. The molecule has 0 radical (unpaired) electrons. The van der Waals surface area contributed by atoms with Gasteiger partial charge in [-0.25, -0.2) is 0 Å². The minimum Gasteiger partial charge on any atom is -0.166 e. The van der Waals surface area contributed by atoms with Gasteiger partial charge >= 0.3 is 6.18 Å². The molecule has 1 rings (SSSR count). The van der Waals surface area contributed by atoms with Crippen LogP contribution in [-0.2, 0) is 12.6 Å². The van der Waals surface area contributed by atoms with E-state index in [0.29, 0.717) is 0 Å². The lowest BCUT2D eigenvalue weighted by Gasteiger charge is -2.06. The molecule has 12 heavy (non-hydrogen) atoms. The van der Waals surface area contributed by atoms with Crippen molar-refractivity contribution in [2.45, 2.75) is 19.5 Å². The van der Waals surface area contributed by atoms with E-state index in [9.17, 15) is 13.2 Å². The van der Waals surface area contributed by atoms with E-state index in [4.69, 9.17) is 0 Å². The Morgan fingerprint density at radius 1 is 1.08 bits per heavy atom. The molecular weight excluding hydrogens is 165 g/mol. The summed E-state index contributed by atoms with van der Waals surface area (Å²) in [5.41, 5.74) is 0.336. The predicted molar refractivity (Wildman–Crippen MR) is 40.8 cm³/mol. The fourth-order valence-corrected chi connectivity index (χ4v) is 0.929. The lowest BCUT2D eigenvalue weighted by Crippen LogP contribution is -2.04. The lowest BCUT2D eigenvalue weighted by atomic mass is 10.1. The van der Waals surface area contributed by atoms with Gasteiger partial charge in [0.05, 0.1) is 5.56 Å². The maximum Gasteiger partial charge on any atom is 0.416 e. The summed E-state index contributed by atoms with van der Waals surface area (Å²) in [4.78, 5) is 0. The summed E-state index contributed by atoms with van der Waals surface area (Å²) in [6.45, 7) is 1.91. The van der Waals surface area contributed by atoms with Crippen LogP contribution in [-0.4, -0.2) is 0 Å². The van der Waals surface area contributed by atoms with Crippen molar-refractivity contribution in [2.75, 3.05) is 0 Å². The van der Waals surface area contributed by atoms with Crippen molar-refractivity contribution in [2.24, 2.45) is 0 Å². The van der Waals surface area contributed by atoms with Crippen LogP contribution in [0.15, 0.2) is 24.3 Å². The first-order chi connectivity index (χ1) is 5.54. The minimum absolute atomic E-state index is 0.584. The van der Waals surface area contributed by atoms with Crippen LogP contribution in [0.3, 0.4) is 0 Å². The fraction of sp³-hybridized carbons (Fsp3) is 0.333. The molecule has 0 heterocycles. The average molecular weight is 174 g/mol. The van der Waals surface area contributed by atoms with Crippen molar-refractivity contribution in [1.29, 1.82) is 0 Å². The molecule has 0 N–H and O–H groups in total. The Morgan fingerprint density at radius 2 is 1.58 bits per heavy atom. The molecule has 0 saturated heterocycles. The summed E-state index contributed by atoms with van der Waals surface area (Å²) < 4.78 is 36.1. The second-order valence-corrected chi connectivity index (χ2v) is 2.55. The zero-order valence-electron chi connectivity index (χ0n) is 6.65. The lowest BCUT2D eigenvalue weighted by molar-refractivity contribution is -0.137. The number of hydrogen-bond acceptors (Lipinski definition) is 0. The van der Waals surface area contributed by atoms with Crippen molar-refractivity contribution >= 4 is 0 Å². The van der Waals surface area contributed by atoms with Gasteiger partial charge in [-0.2, -0.15) is 13.2 Å². The number of halogens is 3. The largest absolute Gasteiger partial charge is 0.416 e. The summed E-state index contributed by atoms with van der Waals surface area (Å²) >= 11 is 0. The van der Waals surface area contributed by atoms with Crippen LogP contribution in [0.5, 0.6) is 0 Å². The summed E-state index contributed by atoms with van der Waals surface area (Å²) in [6, 6.07) is 5.23. The van der Waals surface area contributed by atoms with E-state index in [0.717, 1.165) is 24.1 Å². The molecule has 66 valence electrons. The Labute approximate surface area is 69.0 Å². The van der Waals surface area contributed by atoms with Crippen molar-refractivity contribution < 1.29 is 13.2 Å². The monoisotopic (exact) mass is 174 g/mol. The second kappa shape index (κ2) is 3.17. The van der Waals surface area contributed by atoms with Crippen LogP contribution in [0.2, 0.25) is 0 Å². The van der Waals surface area contributed by atoms with E-state index in [1.54, 1.807) is 0 Å². The SMILES string of the molecule is CCc1ccc(C(F)(F)F)cc1. The van der Waals surface area contributed by atoms with E-state index in [1.807, 2.05) is 6.92 Å². The molecule has 0 nitrogen and oxygen atoms in total. The maximum atomic E-state index is 12.0. The van der Waals surface area contributed by atoms with Gasteiger partial charge in [-0.15, -0.1) is 0 Å². The molecule has 0 atom stereocenters. The summed E-state index contributed by atoms with van der Waals surface area (Å²) in [7, 11) is 0. The van der Waals surface area contributed by atoms with Crippen LogP contribution in [0.4, 0.5) is 13.2 Å². The molecule has 1 aromatic carbocycles. The minimum atomic E-state index is -4.22. The molecule has 3 heteroatoms. The van der Waals surface area contributed by atoms with E-state index in [-0.39, 0.29) is 0 Å². The van der Waals surface area contributed by atoms with E-state index >= 15 is 0 Å². The quantitative estimate of drug-likeness (QED) is 0.613.